The molecule has 0 bridgehead atoms. The summed E-state index contributed by atoms with van der Waals surface area (Å²) in [6.07, 6.45) is 1.75. The van der Waals surface area contributed by atoms with Gasteiger partial charge in [0.25, 0.3) is 0 Å². The van der Waals surface area contributed by atoms with Crippen LogP contribution in [0.4, 0.5) is 5.82 Å². The number of hydrogen-bond donors (Lipinski definition) is 1. The summed E-state index contributed by atoms with van der Waals surface area (Å²) in [6, 6.07) is 0. The van der Waals surface area contributed by atoms with Crippen molar-refractivity contribution >= 4 is 16.9 Å². The minimum Gasteiger partial charge on any atom is -0.382 e. The van der Waals surface area contributed by atoms with E-state index in [4.69, 9.17) is 14.2 Å². The number of anilines is 1. The van der Waals surface area contributed by atoms with E-state index >= 15 is 0 Å². The minimum atomic E-state index is 0.337. The number of aryl methyl sites for hydroxylation is 1. The molecule has 0 spiro atoms. The van der Waals surface area contributed by atoms with Crippen molar-refractivity contribution in [2.45, 2.75) is 6.61 Å². The number of ether oxygens (including phenoxy) is 3. The number of fused-ring (bicyclic) bond motifs is 1. The molecule has 0 saturated carbocycles. The highest BCUT2D eigenvalue weighted by molar-refractivity contribution is 5.86. The second kappa shape index (κ2) is 7.87. The van der Waals surface area contributed by atoms with Crippen molar-refractivity contribution in [2.24, 2.45) is 7.05 Å². The first kappa shape index (κ1) is 15.6. The lowest BCUT2D eigenvalue weighted by molar-refractivity contribution is 0.0185. The predicted molar refractivity (Wildman–Crippen MR) is 78.2 cm³/mol. The fourth-order valence-corrected chi connectivity index (χ4v) is 1.85. The highest BCUT2D eigenvalue weighted by Gasteiger charge is 2.10. The van der Waals surface area contributed by atoms with Crippen LogP contribution < -0.4 is 5.32 Å². The molecular weight excluding hydrogens is 274 g/mol. The van der Waals surface area contributed by atoms with Crippen LogP contribution >= 0.6 is 0 Å². The van der Waals surface area contributed by atoms with Crippen molar-refractivity contribution in [1.82, 2.24) is 19.7 Å². The van der Waals surface area contributed by atoms with E-state index in [2.05, 4.69) is 20.4 Å². The summed E-state index contributed by atoms with van der Waals surface area (Å²) in [4.78, 5) is 8.87. The molecule has 0 aliphatic carbocycles. The van der Waals surface area contributed by atoms with E-state index in [1.807, 2.05) is 14.1 Å². The largest absolute Gasteiger partial charge is 0.382 e. The van der Waals surface area contributed by atoms with E-state index in [1.165, 1.54) is 0 Å². The molecule has 0 radical (unpaired) electrons. The zero-order chi connectivity index (χ0) is 15.1. The average molecular weight is 295 g/mol. The minimum absolute atomic E-state index is 0.337. The maximum atomic E-state index is 5.52. The van der Waals surface area contributed by atoms with Crippen LogP contribution in [0.5, 0.6) is 0 Å². The number of rotatable bonds is 9. The van der Waals surface area contributed by atoms with Crippen molar-refractivity contribution in [3.05, 3.63) is 12.0 Å². The number of aromatic nitrogens is 4. The molecule has 8 heteroatoms. The summed E-state index contributed by atoms with van der Waals surface area (Å²) in [6.45, 7) is 2.51. The SMILES string of the molecule is CNc1nc(COCCOCCOC)nc2c1cnn2C. The predicted octanol–water partition coefficient (Wildman–Crippen LogP) is 0.585. The van der Waals surface area contributed by atoms with E-state index in [9.17, 15) is 0 Å². The first-order valence-electron chi connectivity index (χ1n) is 6.77. The fraction of sp³-hybridized carbons (Fsp3) is 0.615. The molecular formula is C13H21N5O3. The fourth-order valence-electron chi connectivity index (χ4n) is 1.85. The molecule has 0 saturated heterocycles. The Morgan fingerprint density at radius 3 is 2.67 bits per heavy atom. The summed E-state index contributed by atoms with van der Waals surface area (Å²) in [5.74, 6) is 1.37. The third kappa shape index (κ3) is 4.10. The molecule has 2 rings (SSSR count). The summed E-state index contributed by atoms with van der Waals surface area (Å²) >= 11 is 0. The normalized spacial score (nSPS) is 11.2. The van der Waals surface area contributed by atoms with Gasteiger partial charge in [-0.2, -0.15) is 5.10 Å². The van der Waals surface area contributed by atoms with Gasteiger partial charge in [0, 0.05) is 21.2 Å². The van der Waals surface area contributed by atoms with E-state index < -0.39 is 0 Å². The van der Waals surface area contributed by atoms with Gasteiger partial charge >= 0.3 is 0 Å². The Morgan fingerprint density at radius 2 is 1.90 bits per heavy atom. The number of nitrogens with one attached hydrogen (secondary N) is 1. The van der Waals surface area contributed by atoms with Crippen LogP contribution in [0.1, 0.15) is 5.82 Å². The molecule has 21 heavy (non-hydrogen) atoms. The molecule has 0 fully saturated rings. The topological polar surface area (TPSA) is 83.3 Å². The maximum absolute atomic E-state index is 5.52. The lowest BCUT2D eigenvalue weighted by atomic mass is 10.4. The average Bonchev–Trinajstić information content (AvgIpc) is 2.87. The van der Waals surface area contributed by atoms with E-state index in [0.29, 0.717) is 38.9 Å². The van der Waals surface area contributed by atoms with Crippen LogP contribution in [-0.4, -0.2) is 60.3 Å². The molecule has 8 nitrogen and oxygen atoms in total. The second-order valence-electron chi connectivity index (χ2n) is 4.40. The van der Waals surface area contributed by atoms with E-state index in [1.54, 1.807) is 18.0 Å². The maximum Gasteiger partial charge on any atom is 0.163 e. The van der Waals surface area contributed by atoms with Crippen LogP contribution in [0.2, 0.25) is 0 Å². The zero-order valence-corrected chi connectivity index (χ0v) is 12.6. The van der Waals surface area contributed by atoms with Gasteiger partial charge in [0.15, 0.2) is 11.5 Å². The van der Waals surface area contributed by atoms with Gasteiger partial charge in [-0.25, -0.2) is 9.97 Å². The Labute approximate surface area is 123 Å². The van der Waals surface area contributed by atoms with Crippen LogP contribution in [-0.2, 0) is 27.9 Å². The van der Waals surface area contributed by atoms with Crippen molar-refractivity contribution < 1.29 is 14.2 Å². The smallest absolute Gasteiger partial charge is 0.163 e. The first-order valence-corrected chi connectivity index (χ1v) is 6.77. The monoisotopic (exact) mass is 295 g/mol. The first-order chi connectivity index (χ1) is 10.3. The Balaban J connectivity index is 1.88. The molecule has 0 aliphatic rings. The molecule has 2 heterocycles. The third-order valence-corrected chi connectivity index (χ3v) is 2.91. The Hall–Kier alpha value is -1.77. The van der Waals surface area contributed by atoms with Crippen molar-refractivity contribution in [2.75, 3.05) is 45.9 Å². The van der Waals surface area contributed by atoms with Gasteiger partial charge in [-0.05, 0) is 0 Å². The molecule has 0 atom stereocenters. The molecule has 1 N–H and O–H groups in total. The van der Waals surface area contributed by atoms with Crippen molar-refractivity contribution in [3.63, 3.8) is 0 Å². The quantitative estimate of drug-likeness (QED) is 0.678. The Bertz CT molecular complexity index is 572. The van der Waals surface area contributed by atoms with Gasteiger partial charge in [-0.1, -0.05) is 0 Å². The lowest BCUT2D eigenvalue weighted by Gasteiger charge is -2.07. The number of nitrogens with zero attached hydrogens (tertiary/aromatic N) is 4. The Kier molecular flexibility index (Phi) is 5.85. The number of hydrogen-bond acceptors (Lipinski definition) is 7. The van der Waals surface area contributed by atoms with Crippen LogP contribution in [0.3, 0.4) is 0 Å². The van der Waals surface area contributed by atoms with Gasteiger partial charge in [0.05, 0.1) is 38.0 Å². The van der Waals surface area contributed by atoms with Gasteiger partial charge in [0.2, 0.25) is 0 Å². The van der Waals surface area contributed by atoms with Gasteiger partial charge in [0.1, 0.15) is 12.4 Å². The third-order valence-electron chi connectivity index (χ3n) is 2.91. The number of methoxy groups -OCH3 is 1. The van der Waals surface area contributed by atoms with E-state index in [-0.39, 0.29) is 0 Å². The molecule has 116 valence electrons. The molecule has 2 aromatic heterocycles. The summed E-state index contributed by atoms with van der Waals surface area (Å²) < 4.78 is 17.4. The summed E-state index contributed by atoms with van der Waals surface area (Å²) in [7, 11) is 5.32. The van der Waals surface area contributed by atoms with E-state index in [0.717, 1.165) is 16.9 Å². The molecule has 0 unspecified atom stereocenters. The zero-order valence-electron chi connectivity index (χ0n) is 12.6. The highest BCUT2D eigenvalue weighted by Crippen LogP contribution is 2.19. The highest BCUT2D eigenvalue weighted by atomic mass is 16.5. The summed E-state index contributed by atoms with van der Waals surface area (Å²) in [5, 5.41) is 8.13. The van der Waals surface area contributed by atoms with Gasteiger partial charge in [-0.15, -0.1) is 0 Å². The molecule has 2 aromatic rings. The second-order valence-corrected chi connectivity index (χ2v) is 4.40. The van der Waals surface area contributed by atoms with Gasteiger partial charge in [-0.3, -0.25) is 4.68 Å². The van der Waals surface area contributed by atoms with Crippen LogP contribution in [0.15, 0.2) is 6.20 Å². The van der Waals surface area contributed by atoms with Crippen LogP contribution in [0, 0.1) is 0 Å². The summed E-state index contributed by atoms with van der Waals surface area (Å²) in [5.41, 5.74) is 0.782. The van der Waals surface area contributed by atoms with Gasteiger partial charge < -0.3 is 19.5 Å². The molecule has 0 amide bonds. The van der Waals surface area contributed by atoms with Crippen molar-refractivity contribution in [3.8, 4) is 0 Å². The van der Waals surface area contributed by atoms with Crippen molar-refractivity contribution in [1.29, 1.82) is 0 Å². The lowest BCUT2D eigenvalue weighted by Crippen LogP contribution is -2.10. The Morgan fingerprint density at radius 1 is 1.14 bits per heavy atom. The molecule has 0 aliphatic heterocycles. The van der Waals surface area contributed by atoms with Crippen LogP contribution in [0.25, 0.3) is 11.0 Å². The molecule has 0 aromatic carbocycles. The standard InChI is InChI=1S/C13H21N5O3/c1-14-12-10-8-15-18(2)13(10)17-11(16-12)9-21-7-6-20-5-4-19-3/h8H,4-7,9H2,1-3H3,(H,14,16,17).